The smallest absolute Gasteiger partial charge is 0.274 e. The van der Waals surface area contributed by atoms with E-state index in [0.29, 0.717) is 16.9 Å². The molecule has 0 saturated heterocycles. The van der Waals surface area contributed by atoms with Crippen molar-refractivity contribution in [3.05, 3.63) is 51.8 Å². The summed E-state index contributed by atoms with van der Waals surface area (Å²) in [6, 6.07) is 9.94. The molecule has 0 fully saturated rings. The van der Waals surface area contributed by atoms with Crippen LogP contribution in [0.2, 0.25) is 0 Å². The fourth-order valence-electron chi connectivity index (χ4n) is 3.51. The van der Waals surface area contributed by atoms with E-state index in [2.05, 4.69) is 28.6 Å². The van der Waals surface area contributed by atoms with Crippen molar-refractivity contribution in [1.29, 1.82) is 0 Å². The van der Waals surface area contributed by atoms with Crippen molar-refractivity contribution in [1.82, 2.24) is 15.1 Å². The number of hydrogen-bond donors (Lipinski definition) is 1. The molecule has 2 aromatic carbocycles. The summed E-state index contributed by atoms with van der Waals surface area (Å²) in [4.78, 5) is 12.6. The maximum absolute atomic E-state index is 12.6. The van der Waals surface area contributed by atoms with Crippen molar-refractivity contribution in [3.8, 4) is 22.8 Å². The third kappa shape index (κ3) is 2.63. The van der Waals surface area contributed by atoms with Gasteiger partial charge in [-0.05, 0) is 42.3 Å². The molecule has 26 heavy (non-hydrogen) atoms. The molecule has 134 valence electrons. The summed E-state index contributed by atoms with van der Waals surface area (Å²) in [7, 11) is 4.82. The van der Waals surface area contributed by atoms with Crippen LogP contribution in [0.1, 0.15) is 11.1 Å². The van der Waals surface area contributed by atoms with Crippen molar-refractivity contribution in [3.63, 3.8) is 0 Å². The number of methoxy groups -OCH3 is 2. The molecule has 0 amide bonds. The Morgan fingerprint density at radius 2 is 1.77 bits per heavy atom. The fourth-order valence-corrected chi connectivity index (χ4v) is 3.51. The second-order valence-electron chi connectivity index (χ2n) is 6.44. The molecule has 1 aliphatic rings. The number of benzene rings is 2. The molecule has 0 aliphatic carbocycles. The molecule has 0 spiro atoms. The van der Waals surface area contributed by atoms with Crippen LogP contribution in [-0.4, -0.2) is 30.5 Å². The Kier molecular flexibility index (Phi) is 4.12. The molecule has 0 atom stereocenters. The number of nitrogens with zero attached hydrogens (tertiary/aromatic N) is 2. The minimum absolute atomic E-state index is 0.160. The topological polar surface area (TPSA) is 65.4 Å². The van der Waals surface area contributed by atoms with E-state index in [1.807, 2.05) is 6.07 Å². The lowest BCUT2D eigenvalue weighted by Crippen LogP contribution is -2.23. The first-order valence-electron chi connectivity index (χ1n) is 8.58. The first kappa shape index (κ1) is 16.6. The van der Waals surface area contributed by atoms with Crippen LogP contribution < -0.4 is 20.3 Å². The van der Waals surface area contributed by atoms with Gasteiger partial charge in [0, 0.05) is 24.5 Å². The highest BCUT2D eigenvalue weighted by Crippen LogP contribution is 2.35. The molecule has 2 heterocycles. The average molecular weight is 351 g/mol. The highest BCUT2D eigenvalue weighted by atomic mass is 16.5. The Morgan fingerprint density at radius 3 is 2.50 bits per heavy atom. The van der Waals surface area contributed by atoms with E-state index < -0.39 is 0 Å². The van der Waals surface area contributed by atoms with Crippen molar-refractivity contribution < 1.29 is 9.47 Å². The largest absolute Gasteiger partial charge is 0.493 e. The number of aromatic nitrogens is 2. The number of nitrogens with one attached hydrogen (secondary N) is 1. The molecule has 3 aromatic rings. The monoisotopic (exact) mass is 351 g/mol. The van der Waals surface area contributed by atoms with Gasteiger partial charge < -0.3 is 14.8 Å². The van der Waals surface area contributed by atoms with Gasteiger partial charge in [0.25, 0.3) is 5.56 Å². The Bertz CT molecular complexity index is 1060. The predicted molar refractivity (Wildman–Crippen MR) is 101 cm³/mol. The van der Waals surface area contributed by atoms with Crippen LogP contribution in [0.5, 0.6) is 11.5 Å². The zero-order valence-electron chi connectivity index (χ0n) is 15.1. The molecular weight excluding hydrogens is 330 g/mol. The first-order chi connectivity index (χ1) is 12.6. The summed E-state index contributed by atoms with van der Waals surface area (Å²) in [5.41, 5.74) is 4.24. The molecule has 1 aromatic heterocycles. The van der Waals surface area contributed by atoms with Gasteiger partial charge in [0.1, 0.15) is 0 Å². The molecule has 0 unspecified atom stereocenters. The molecule has 0 radical (unpaired) electrons. The van der Waals surface area contributed by atoms with Gasteiger partial charge in [0.05, 0.1) is 25.3 Å². The maximum atomic E-state index is 12.6. The van der Waals surface area contributed by atoms with Crippen molar-refractivity contribution in [2.24, 2.45) is 7.05 Å². The first-order valence-corrected chi connectivity index (χ1v) is 8.58. The minimum Gasteiger partial charge on any atom is -0.493 e. The van der Waals surface area contributed by atoms with Crippen LogP contribution in [-0.2, 0) is 20.0 Å². The number of hydrogen-bond acceptors (Lipinski definition) is 5. The standard InChI is InChI=1S/C20H21N3O3/c1-23-20(24)16-10-18(26-3)17(25-2)9-15(16)19(22-23)13-4-5-14-11-21-7-6-12(14)8-13/h4-5,8-10,21H,6-7,11H2,1-3H3. The SMILES string of the molecule is COc1cc2c(-c3ccc4c(c3)CCNC4)nn(C)c(=O)c2cc1OC. The number of aryl methyl sites for hydroxylation is 1. The zero-order valence-corrected chi connectivity index (χ0v) is 15.1. The predicted octanol–water partition coefficient (Wildman–Crippen LogP) is 2.26. The number of fused-ring (bicyclic) bond motifs is 2. The minimum atomic E-state index is -0.160. The van der Waals surface area contributed by atoms with Crippen LogP contribution in [0.25, 0.3) is 22.0 Å². The Morgan fingerprint density at radius 1 is 1.04 bits per heavy atom. The Hall–Kier alpha value is -2.86. The Balaban J connectivity index is 2.00. The van der Waals surface area contributed by atoms with E-state index in [9.17, 15) is 4.79 Å². The van der Waals surface area contributed by atoms with Crippen molar-refractivity contribution in [2.75, 3.05) is 20.8 Å². The van der Waals surface area contributed by atoms with Crippen molar-refractivity contribution in [2.45, 2.75) is 13.0 Å². The van der Waals surface area contributed by atoms with Crippen LogP contribution >= 0.6 is 0 Å². The summed E-state index contributed by atoms with van der Waals surface area (Å²) in [5, 5.41) is 9.25. The lowest BCUT2D eigenvalue weighted by molar-refractivity contribution is 0.356. The lowest BCUT2D eigenvalue weighted by atomic mass is 9.95. The third-order valence-electron chi connectivity index (χ3n) is 4.92. The average Bonchev–Trinajstić information content (AvgIpc) is 2.69. The van der Waals surface area contributed by atoms with Gasteiger partial charge in [0.2, 0.25) is 0 Å². The van der Waals surface area contributed by atoms with E-state index in [1.54, 1.807) is 27.3 Å². The fraction of sp³-hybridized carbons (Fsp3) is 0.300. The number of rotatable bonds is 3. The normalized spacial score (nSPS) is 13.5. The van der Waals surface area contributed by atoms with E-state index in [1.165, 1.54) is 15.8 Å². The summed E-state index contributed by atoms with van der Waals surface area (Å²) < 4.78 is 12.2. The molecule has 1 aliphatic heterocycles. The van der Waals surface area contributed by atoms with Gasteiger partial charge in [0.15, 0.2) is 11.5 Å². The zero-order chi connectivity index (χ0) is 18.3. The molecule has 4 rings (SSSR count). The van der Waals surface area contributed by atoms with Gasteiger partial charge in [-0.1, -0.05) is 12.1 Å². The summed E-state index contributed by atoms with van der Waals surface area (Å²) in [6.45, 7) is 1.87. The third-order valence-corrected chi connectivity index (χ3v) is 4.92. The summed E-state index contributed by atoms with van der Waals surface area (Å²) in [5.74, 6) is 1.12. The highest BCUT2D eigenvalue weighted by Gasteiger charge is 2.17. The summed E-state index contributed by atoms with van der Waals surface area (Å²) >= 11 is 0. The van der Waals surface area contributed by atoms with Gasteiger partial charge in [-0.2, -0.15) is 5.10 Å². The van der Waals surface area contributed by atoms with E-state index in [-0.39, 0.29) is 5.56 Å². The van der Waals surface area contributed by atoms with Gasteiger partial charge in [-0.15, -0.1) is 0 Å². The molecule has 1 N–H and O–H groups in total. The van der Waals surface area contributed by atoms with E-state index in [4.69, 9.17) is 9.47 Å². The molecule has 6 heteroatoms. The maximum Gasteiger partial charge on any atom is 0.274 e. The van der Waals surface area contributed by atoms with Crippen LogP contribution in [0.4, 0.5) is 0 Å². The molecule has 0 saturated carbocycles. The van der Waals surface area contributed by atoms with Crippen LogP contribution in [0.15, 0.2) is 35.1 Å². The van der Waals surface area contributed by atoms with Crippen LogP contribution in [0.3, 0.4) is 0 Å². The molecule has 0 bridgehead atoms. The highest BCUT2D eigenvalue weighted by molar-refractivity contribution is 5.96. The van der Waals surface area contributed by atoms with E-state index >= 15 is 0 Å². The van der Waals surface area contributed by atoms with Crippen LogP contribution in [0, 0.1) is 0 Å². The van der Waals surface area contributed by atoms with E-state index in [0.717, 1.165) is 36.2 Å². The number of ether oxygens (including phenoxy) is 2. The van der Waals surface area contributed by atoms with Gasteiger partial charge in [-0.25, -0.2) is 4.68 Å². The van der Waals surface area contributed by atoms with Gasteiger partial charge >= 0.3 is 0 Å². The quantitative estimate of drug-likeness (QED) is 0.784. The summed E-state index contributed by atoms with van der Waals surface area (Å²) in [6.07, 6.45) is 0.990. The second-order valence-corrected chi connectivity index (χ2v) is 6.44. The Labute approximate surface area is 151 Å². The van der Waals surface area contributed by atoms with Gasteiger partial charge in [-0.3, -0.25) is 4.79 Å². The molecule has 6 nitrogen and oxygen atoms in total. The lowest BCUT2D eigenvalue weighted by Gasteiger charge is -2.18. The second kappa shape index (κ2) is 6.46. The van der Waals surface area contributed by atoms with Crippen molar-refractivity contribution >= 4 is 10.8 Å². The molecular formula is C20H21N3O3.